The van der Waals surface area contributed by atoms with Gasteiger partial charge in [0.25, 0.3) is 0 Å². The Kier molecular flexibility index (Phi) is 4.96. The lowest BCUT2D eigenvalue weighted by molar-refractivity contribution is 0.620. The second kappa shape index (κ2) is 9.18. The third-order valence-corrected chi connectivity index (χ3v) is 9.11. The van der Waals surface area contributed by atoms with E-state index in [1.807, 2.05) is 48.8 Å². The van der Waals surface area contributed by atoms with E-state index in [2.05, 4.69) is 91.0 Å². The van der Waals surface area contributed by atoms with Gasteiger partial charge in [0.2, 0.25) is 5.89 Å². The van der Waals surface area contributed by atoms with Crippen LogP contribution in [-0.2, 0) is 0 Å². The van der Waals surface area contributed by atoms with Crippen LogP contribution in [0.25, 0.3) is 98.9 Å². The predicted molar refractivity (Wildman–Crippen MR) is 185 cm³/mol. The first kappa shape index (κ1) is 24.3. The largest absolute Gasteiger partial charge is 0.436 e. The minimum Gasteiger partial charge on any atom is -0.436 e. The summed E-state index contributed by atoms with van der Waals surface area (Å²) >= 11 is 0. The van der Waals surface area contributed by atoms with E-state index in [4.69, 9.17) is 19.4 Å². The maximum atomic E-state index is 6.40. The average molecular weight is 574 g/mol. The molecule has 0 spiro atoms. The Morgan fingerprint density at radius 2 is 1.00 bits per heavy atom. The van der Waals surface area contributed by atoms with Crippen molar-refractivity contribution in [2.45, 2.75) is 0 Å². The van der Waals surface area contributed by atoms with E-state index in [9.17, 15) is 0 Å². The molecule has 0 aliphatic heterocycles. The molecular formula is C41H23N3O. The van der Waals surface area contributed by atoms with Crippen LogP contribution in [0.1, 0.15) is 0 Å². The van der Waals surface area contributed by atoms with Crippen molar-refractivity contribution >= 4 is 65.2 Å². The van der Waals surface area contributed by atoms with Gasteiger partial charge in [-0.15, -0.1) is 0 Å². The summed E-state index contributed by atoms with van der Waals surface area (Å²) in [6.07, 6.45) is 3.97. The van der Waals surface area contributed by atoms with Crippen LogP contribution < -0.4 is 0 Å². The number of fused-ring (bicyclic) bond motifs is 3. The molecule has 0 aliphatic rings. The minimum absolute atomic E-state index is 0.614. The van der Waals surface area contributed by atoms with E-state index in [0.717, 1.165) is 66.1 Å². The van der Waals surface area contributed by atoms with Crippen LogP contribution >= 0.6 is 0 Å². The smallest absolute Gasteiger partial charge is 0.227 e. The van der Waals surface area contributed by atoms with E-state index < -0.39 is 0 Å². The Bertz CT molecular complexity index is 2740. The molecule has 10 rings (SSSR count). The van der Waals surface area contributed by atoms with Crippen LogP contribution in [-0.4, -0.2) is 15.0 Å². The molecule has 0 atom stereocenters. The monoisotopic (exact) mass is 573 g/mol. The maximum absolute atomic E-state index is 6.40. The van der Waals surface area contributed by atoms with Gasteiger partial charge in [-0.2, -0.15) is 0 Å². The number of benzene rings is 7. The first-order chi connectivity index (χ1) is 22.3. The number of hydrogen-bond donors (Lipinski definition) is 0. The number of oxazole rings is 1. The molecule has 0 aliphatic carbocycles. The Morgan fingerprint density at radius 3 is 1.73 bits per heavy atom. The number of aromatic nitrogens is 3. The fourth-order valence-corrected chi connectivity index (χ4v) is 6.99. The number of para-hydroxylation sites is 4. The second-order valence-corrected chi connectivity index (χ2v) is 11.7. The fraction of sp³-hybridized carbons (Fsp3) is 0. The Labute approximate surface area is 257 Å². The van der Waals surface area contributed by atoms with E-state index >= 15 is 0 Å². The van der Waals surface area contributed by atoms with Crippen molar-refractivity contribution in [1.82, 2.24) is 15.0 Å². The normalized spacial score (nSPS) is 12.0. The molecule has 0 saturated heterocycles. The van der Waals surface area contributed by atoms with Gasteiger partial charge >= 0.3 is 0 Å². The zero-order chi connectivity index (χ0) is 29.5. The van der Waals surface area contributed by atoms with Gasteiger partial charge in [0.1, 0.15) is 5.52 Å². The van der Waals surface area contributed by atoms with Crippen molar-refractivity contribution in [3.63, 3.8) is 0 Å². The van der Waals surface area contributed by atoms with Gasteiger partial charge in [0.15, 0.2) is 5.58 Å². The molecule has 0 amide bonds. The second-order valence-electron chi connectivity index (χ2n) is 11.7. The van der Waals surface area contributed by atoms with Gasteiger partial charge in [0, 0.05) is 39.9 Å². The minimum atomic E-state index is 0.614. The van der Waals surface area contributed by atoms with Crippen LogP contribution in [0.15, 0.2) is 144 Å². The van der Waals surface area contributed by atoms with E-state index in [1.165, 1.54) is 26.9 Å². The summed E-state index contributed by atoms with van der Waals surface area (Å²) < 4.78 is 6.40. The molecule has 0 saturated carbocycles. The molecule has 3 aromatic heterocycles. The molecule has 3 heterocycles. The number of rotatable bonds is 3. The topological polar surface area (TPSA) is 51.8 Å². The van der Waals surface area contributed by atoms with Crippen LogP contribution in [0.2, 0.25) is 0 Å². The third kappa shape index (κ3) is 3.63. The van der Waals surface area contributed by atoms with Gasteiger partial charge < -0.3 is 4.42 Å². The van der Waals surface area contributed by atoms with Crippen molar-refractivity contribution in [3.05, 3.63) is 140 Å². The number of nitrogens with zero attached hydrogens (tertiary/aromatic N) is 3. The van der Waals surface area contributed by atoms with Crippen molar-refractivity contribution < 1.29 is 4.42 Å². The summed E-state index contributed by atoms with van der Waals surface area (Å²) in [5.74, 6) is 0.614. The molecule has 4 nitrogen and oxygen atoms in total. The molecule has 0 N–H and O–H groups in total. The van der Waals surface area contributed by atoms with Gasteiger partial charge in [-0.05, 0) is 85.9 Å². The lowest BCUT2D eigenvalue weighted by Gasteiger charge is -2.18. The maximum Gasteiger partial charge on any atom is 0.227 e. The van der Waals surface area contributed by atoms with Gasteiger partial charge in [-0.25, -0.2) is 4.98 Å². The van der Waals surface area contributed by atoms with E-state index in [0.29, 0.717) is 5.89 Å². The summed E-state index contributed by atoms with van der Waals surface area (Å²) in [7, 11) is 0. The summed E-state index contributed by atoms with van der Waals surface area (Å²) in [4.78, 5) is 14.6. The van der Waals surface area contributed by atoms with Gasteiger partial charge in [-0.1, -0.05) is 84.9 Å². The molecule has 4 heteroatoms. The molecule has 0 radical (unpaired) electrons. The molecule has 0 unspecified atom stereocenters. The lowest BCUT2D eigenvalue weighted by Crippen LogP contribution is -1.93. The summed E-state index contributed by atoms with van der Waals surface area (Å²) in [5, 5.41) is 9.33. The molecule has 0 bridgehead atoms. The summed E-state index contributed by atoms with van der Waals surface area (Å²) in [6.45, 7) is 0. The van der Waals surface area contributed by atoms with Crippen LogP contribution in [0.5, 0.6) is 0 Å². The first-order valence-corrected chi connectivity index (χ1v) is 15.1. The molecule has 0 fully saturated rings. The highest BCUT2D eigenvalue weighted by Crippen LogP contribution is 2.46. The molecule has 208 valence electrons. The van der Waals surface area contributed by atoms with Crippen molar-refractivity contribution in [2.24, 2.45) is 0 Å². The Balaban J connectivity index is 1.32. The highest BCUT2D eigenvalue weighted by Gasteiger charge is 2.21. The lowest BCUT2D eigenvalue weighted by atomic mass is 9.85. The average Bonchev–Trinajstić information content (AvgIpc) is 3.54. The van der Waals surface area contributed by atoms with E-state index in [-0.39, 0.29) is 0 Å². The standard InChI is InChI=1S/C41H23N3O/c1-3-9-35-25(7-1)19-27(22-42-35)29-15-13-24-14-16-31-33(28-20-26-8-2-4-10-36(26)43-23-28)21-34(32-18-17-30(29)39(24)40(31)32)41-44-37-11-5-6-12-38(37)45-41/h1-23H. The van der Waals surface area contributed by atoms with Crippen molar-refractivity contribution in [2.75, 3.05) is 0 Å². The van der Waals surface area contributed by atoms with Crippen molar-refractivity contribution in [3.8, 4) is 33.7 Å². The molecule has 7 aromatic carbocycles. The van der Waals surface area contributed by atoms with Crippen LogP contribution in [0.4, 0.5) is 0 Å². The zero-order valence-corrected chi connectivity index (χ0v) is 24.0. The molecule has 45 heavy (non-hydrogen) atoms. The van der Waals surface area contributed by atoms with Crippen LogP contribution in [0, 0.1) is 0 Å². The molecular weight excluding hydrogens is 550 g/mol. The zero-order valence-electron chi connectivity index (χ0n) is 24.0. The Morgan fingerprint density at radius 1 is 0.422 bits per heavy atom. The first-order valence-electron chi connectivity index (χ1n) is 15.1. The fourth-order valence-electron chi connectivity index (χ4n) is 6.99. The SMILES string of the molecule is c1ccc2ncc(-c3ccc4ccc5c(-c6cnc7ccccc7c6)cc(-c6nc7ccccc7o6)c6ccc3c4c56)cc2c1. The van der Waals surface area contributed by atoms with Gasteiger partial charge in [0.05, 0.1) is 11.0 Å². The van der Waals surface area contributed by atoms with Crippen molar-refractivity contribution in [1.29, 1.82) is 0 Å². The predicted octanol–water partition coefficient (Wildman–Crippen LogP) is 10.8. The van der Waals surface area contributed by atoms with Crippen LogP contribution in [0.3, 0.4) is 0 Å². The van der Waals surface area contributed by atoms with Gasteiger partial charge in [-0.3, -0.25) is 9.97 Å². The van der Waals surface area contributed by atoms with E-state index in [1.54, 1.807) is 0 Å². The quantitative estimate of drug-likeness (QED) is 0.197. The highest BCUT2D eigenvalue weighted by molar-refractivity contribution is 6.29. The summed E-state index contributed by atoms with van der Waals surface area (Å²) in [6, 6.07) is 44.6. The number of hydrogen-bond acceptors (Lipinski definition) is 4. The summed E-state index contributed by atoms with van der Waals surface area (Å²) in [5.41, 5.74) is 8.99. The third-order valence-electron chi connectivity index (χ3n) is 9.11. The number of pyridine rings is 2. The highest BCUT2D eigenvalue weighted by atomic mass is 16.3. The Hall–Kier alpha value is -6.13. The molecule has 10 aromatic rings.